The second kappa shape index (κ2) is 12.0. The van der Waals surface area contributed by atoms with Crippen LogP contribution in [0.5, 0.6) is 0 Å². The zero-order valence-electron chi connectivity index (χ0n) is 17.3. The molecular weight excluding hydrogens is 344 g/mol. The minimum absolute atomic E-state index is 0.106. The number of methoxy groups -OCH3 is 1. The average molecular weight is 381 g/mol. The molecule has 1 rings (SSSR count). The fourth-order valence-electron chi connectivity index (χ4n) is 3.47. The summed E-state index contributed by atoms with van der Waals surface area (Å²) in [5.41, 5.74) is 0.110. The summed E-state index contributed by atoms with van der Waals surface area (Å²) in [5, 5.41) is 9.44. The van der Waals surface area contributed by atoms with Gasteiger partial charge in [0.25, 0.3) is 0 Å². The molecule has 5 nitrogen and oxygen atoms in total. The number of ether oxygens (including phenoxy) is 2. The number of Topliss-reactive ketones (excluding diaryl/α,β-unsaturated/α-hetero) is 1. The summed E-state index contributed by atoms with van der Waals surface area (Å²) in [5.74, 6) is -0.247. The summed E-state index contributed by atoms with van der Waals surface area (Å²) in [6, 6.07) is 0. The molecule has 0 aliphatic heterocycles. The van der Waals surface area contributed by atoms with E-state index in [1.54, 1.807) is 0 Å². The fourth-order valence-corrected chi connectivity index (χ4v) is 3.47. The van der Waals surface area contributed by atoms with Gasteiger partial charge in [-0.25, -0.2) is 4.79 Å². The summed E-state index contributed by atoms with van der Waals surface area (Å²) >= 11 is 0. The molecule has 0 aromatic carbocycles. The number of aliphatic hydroxyl groups is 1. The number of hydrogen-bond donors (Lipinski definition) is 1. The molecule has 27 heavy (non-hydrogen) atoms. The maximum Gasteiger partial charge on any atom is 0.372 e. The minimum Gasteiger partial charge on any atom is -0.502 e. The fraction of sp³-hybridized carbons (Fsp3) is 0.727. The Morgan fingerprint density at radius 2 is 2.07 bits per heavy atom. The number of hydrogen-bond acceptors (Lipinski definition) is 5. The monoisotopic (exact) mass is 380 g/mol. The molecule has 0 unspecified atom stereocenters. The Labute approximate surface area is 163 Å². The van der Waals surface area contributed by atoms with E-state index < -0.39 is 5.97 Å². The topological polar surface area (TPSA) is 72.8 Å². The molecule has 1 saturated carbocycles. The van der Waals surface area contributed by atoms with Gasteiger partial charge < -0.3 is 14.6 Å². The number of carbonyl (C=O) groups is 2. The van der Waals surface area contributed by atoms with Crippen LogP contribution in [0.4, 0.5) is 0 Å². The SMILES string of the molecule is CCOCC(C)(C)CC=C[C@H]1CCC(=O)[C@@H]1CCCCC=C(O)C(=O)OC. The van der Waals surface area contributed by atoms with Crippen molar-refractivity contribution < 1.29 is 24.2 Å². The molecule has 0 spiro atoms. The van der Waals surface area contributed by atoms with Crippen molar-refractivity contribution in [3.8, 4) is 0 Å². The second-order valence-corrected chi connectivity index (χ2v) is 8.07. The van der Waals surface area contributed by atoms with Crippen LogP contribution in [0.2, 0.25) is 0 Å². The van der Waals surface area contributed by atoms with Crippen LogP contribution >= 0.6 is 0 Å². The maximum atomic E-state index is 12.2. The van der Waals surface area contributed by atoms with E-state index in [4.69, 9.17) is 4.74 Å². The molecule has 2 atom stereocenters. The van der Waals surface area contributed by atoms with Gasteiger partial charge >= 0.3 is 5.97 Å². The van der Waals surface area contributed by atoms with Crippen molar-refractivity contribution in [1.29, 1.82) is 0 Å². The second-order valence-electron chi connectivity index (χ2n) is 8.07. The van der Waals surface area contributed by atoms with Gasteiger partial charge in [0.1, 0.15) is 5.78 Å². The summed E-state index contributed by atoms with van der Waals surface area (Å²) < 4.78 is 9.98. The lowest BCUT2D eigenvalue weighted by Gasteiger charge is -2.22. The Balaban J connectivity index is 2.41. The quantitative estimate of drug-likeness (QED) is 0.174. The number of unbranched alkanes of at least 4 members (excludes halogenated alkanes) is 2. The van der Waals surface area contributed by atoms with Crippen molar-refractivity contribution in [2.24, 2.45) is 17.3 Å². The van der Waals surface area contributed by atoms with Gasteiger partial charge in [-0.1, -0.05) is 32.4 Å². The highest BCUT2D eigenvalue weighted by molar-refractivity contribution is 5.85. The maximum absolute atomic E-state index is 12.2. The van der Waals surface area contributed by atoms with Crippen molar-refractivity contribution >= 4 is 11.8 Å². The number of rotatable bonds is 12. The van der Waals surface area contributed by atoms with Gasteiger partial charge in [0.05, 0.1) is 13.7 Å². The molecule has 0 heterocycles. The Morgan fingerprint density at radius 1 is 1.33 bits per heavy atom. The molecule has 0 bridgehead atoms. The highest BCUT2D eigenvalue weighted by atomic mass is 16.5. The van der Waals surface area contributed by atoms with Crippen LogP contribution in [-0.2, 0) is 19.1 Å². The Morgan fingerprint density at radius 3 is 2.74 bits per heavy atom. The van der Waals surface area contributed by atoms with E-state index in [0.717, 1.165) is 45.3 Å². The summed E-state index contributed by atoms with van der Waals surface area (Å²) in [6.45, 7) is 7.88. The number of aliphatic hydroxyl groups excluding tert-OH is 1. The van der Waals surface area contributed by atoms with E-state index in [1.165, 1.54) is 13.2 Å². The van der Waals surface area contributed by atoms with Gasteiger partial charge in [-0.05, 0) is 56.4 Å². The van der Waals surface area contributed by atoms with Gasteiger partial charge in [-0.2, -0.15) is 0 Å². The van der Waals surface area contributed by atoms with Crippen molar-refractivity contribution in [3.05, 3.63) is 24.0 Å². The highest BCUT2D eigenvalue weighted by Gasteiger charge is 2.32. The first-order chi connectivity index (χ1) is 12.8. The van der Waals surface area contributed by atoms with Gasteiger partial charge in [0, 0.05) is 18.9 Å². The van der Waals surface area contributed by atoms with E-state index in [9.17, 15) is 14.7 Å². The minimum atomic E-state index is -0.710. The van der Waals surface area contributed by atoms with E-state index in [0.29, 0.717) is 24.5 Å². The van der Waals surface area contributed by atoms with Crippen LogP contribution in [0.15, 0.2) is 24.0 Å². The number of allylic oxidation sites excluding steroid dienone is 3. The highest BCUT2D eigenvalue weighted by Crippen LogP contribution is 2.34. The van der Waals surface area contributed by atoms with Gasteiger partial charge in [-0.15, -0.1) is 0 Å². The van der Waals surface area contributed by atoms with E-state index in [2.05, 4.69) is 30.7 Å². The molecule has 1 aliphatic carbocycles. The molecule has 5 heteroatoms. The van der Waals surface area contributed by atoms with Crippen LogP contribution in [0, 0.1) is 17.3 Å². The van der Waals surface area contributed by atoms with Crippen LogP contribution in [0.25, 0.3) is 0 Å². The van der Waals surface area contributed by atoms with E-state index in [-0.39, 0.29) is 17.1 Å². The molecular formula is C22H36O5. The van der Waals surface area contributed by atoms with Crippen molar-refractivity contribution in [3.63, 3.8) is 0 Å². The van der Waals surface area contributed by atoms with Crippen LogP contribution < -0.4 is 0 Å². The Kier molecular flexibility index (Phi) is 10.4. The lowest BCUT2D eigenvalue weighted by atomic mass is 9.87. The first-order valence-corrected chi connectivity index (χ1v) is 10.0. The molecule has 0 saturated heterocycles. The van der Waals surface area contributed by atoms with Gasteiger partial charge in [0.15, 0.2) is 5.76 Å². The number of ketones is 1. The average Bonchev–Trinajstić information content (AvgIpc) is 2.98. The summed E-state index contributed by atoms with van der Waals surface area (Å²) in [7, 11) is 1.24. The molecule has 0 aromatic heterocycles. The summed E-state index contributed by atoms with van der Waals surface area (Å²) in [6.07, 6.45) is 11.7. The normalized spacial score (nSPS) is 21.2. The lowest BCUT2D eigenvalue weighted by Crippen LogP contribution is -2.18. The predicted molar refractivity (Wildman–Crippen MR) is 106 cm³/mol. The molecule has 0 aromatic rings. The third-order valence-electron chi connectivity index (χ3n) is 5.11. The standard InChI is InChI=1S/C22H36O5/c1-5-27-16-22(2,3)15-9-10-17-13-14-19(23)18(17)11-7-6-8-12-20(24)21(25)26-4/h9-10,12,17-18,24H,5-8,11,13-16H2,1-4H3/t17-,18+/m0/s1. The zero-order chi connectivity index (χ0) is 20.3. The third-order valence-corrected chi connectivity index (χ3v) is 5.11. The zero-order valence-corrected chi connectivity index (χ0v) is 17.3. The van der Waals surface area contributed by atoms with Gasteiger partial charge in [0.2, 0.25) is 0 Å². The molecule has 1 aliphatic rings. The molecule has 1 N–H and O–H groups in total. The van der Waals surface area contributed by atoms with Crippen molar-refractivity contribution in [1.82, 2.24) is 0 Å². The predicted octanol–water partition coefficient (Wildman–Crippen LogP) is 4.77. The van der Waals surface area contributed by atoms with Crippen molar-refractivity contribution in [2.75, 3.05) is 20.3 Å². The smallest absolute Gasteiger partial charge is 0.372 e. The van der Waals surface area contributed by atoms with Crippen LogP contribution in [0.3, 0.4) is 0 Å². The number of carbonyl (C=O) groups excluding carboxylic acids is 2. The van der Waals surface area contributed by atoms with Gasteiger partial charge in [-0.3, -0.25) is 4.79 Å². The molecule has 1 fully saturated rings. The first-order valence-electron chi connectivity index (χ1n) is 10.0. The molecule has 0 radical (unpaired) electrons. The lowest BCUT2D eigenvalue weighted by molar-refractivity contribution is -0.139. The Hall–Kier alpha value is -1.62. The first kappa shape index (κ1) is 23.4. The van der Waals surface area contributed by atoms with Crippen LogP contribution in [0.1, 0.15) is 65.7 Å². The summed E-state index contributed by atoms with van der Waals surface area (Å²) in [4.78, 5) is 23.3. The molecule has 154 valence electrons. The molecule has 0 amide bonds. The third kappa shape index (κ3) is 8.74. The largest absolute Gasteiger partial charge is 0.502 e. The van der Waals surface area contributed by atoms with Crippen molar-refractivity contribution in [2.45, 2.75) is 65.7 Å². The number of esters is 1. The van der Waals surface area contributed by atoms with E-state index >= 15 is 0 Å². The van der Waals surface area contributed by atoms with Crippen LogP contribution in [-0.4, -0.2) is 37.2 Å². The Bertz CT molecular complexity index is 533. The van der Waals surface area contributed by atoms with E-state index in [1.807, 2.05) is 6.92 Å².